The van der Waals surface area contributed by atoms with Crippen LogP contribution in [0.25, 0.3) is 0 Å². The summed E-state index contributed by atoms with van der Waals surface area (Å²) in [6.07, 6.45) is 0.271. The van der Waals surface area contributed by atoms with Crippen molar-refractivity contribution in [1.29, 1.82) is 0 Å². The zero-order valence-electron chi connectivity index (χ0n) is 11.6. The minimum Gasteiger partial charge on any atom is -0.493 e. The molecule has 1 aliphatic heterocycles. The normalized spacial score (nSPS) is 18.3. The zero-order valence-corrected chi connectivity index (χ0v) is 12.4. The van der Waals surface area contributed by atoms with E-state index in [0.717, 1.165) is 0 Å². The first kappa shape index (κ1) is 14.7. The summed E-state index contributed by atoms with van der Waals surface area (Å²) in [5, 5.41) is -0.240. The second kappa shape index (κ2) is 5.71. The number of rotatable bonds is 4. The van der Waals surface area contributed by atoms with Crippen LogP contribution in [0, 0.1) is 0 Å². The molecule has 0 aliphatic carbocycles. The van der Waals surface area contributed by atoms with E-state index < -0.39 is 0 Å². The smallest absolute Gasteiger partial charge is 0.228 e. The lowest BCUT2D eigenvalue weighted by Gasteiger charge is -2.21. The Kier molecular flexibility index (Phi) is 4.18. The first-order valence-corrected chi connectivity index (χ1v) is 6.63. The molecule has 1 fully saturated rings. The highest BCUT2D eigenvalue weighted by atomic mass is 35.5. The molecule has 20 heavy (non-hydrogen) atoms. The molecule has 0 spiro atoms. The highest BCUT2D eigenvalue weighted by molar-refractivity contribution is 6.24. The van der Waals surface area contributed by atoms with Crippen molar-refractivity contribution in [3.8, 4) is 11.5 Å². The maximum atomic E-state index is 12.0. The number of anilines is 1. The van der Waals surface area contributed by atoms with Gasteiger partial charge in [0.25, 0.3) is 0 Å². The molecule has 0 radical (unpaired) electrons. The van der Waals surface area contributed by atoms with Crippen LogP contribution in [0.15, 0.2) is 12.1 Å². The van der Waals surface area contributed by atoms with Gasteiger partial charge >= 0.3 is 0 Å². The van der Waals surface area contributed by atoms with E-state index in [0.29, 0.717) is 29.3 Å². The standard InChI is InChI=1S/C14H16ClNO4/c1-8(17)10-5-12(19-2)13(20-3)6-11(10)16-7-9(15)4-14(16)18/h5-6,9H,4,7H2,1-3H3. The van der Waals surface area contributed by atoms with Gasteiger partial charge in [-0.05, 0) is 13.0 Å². The van der Waals surface area contributed by atoms with Crippen molar-refractivity contribution in [2.75, 3.05) is 25.7 Å². The molecule has 108 valence electrons. The van der Waals surface area contributed by atoms with Crippen LogP contribution in [0.2, 0.25) is 0 Å². The van der Waals surface area contributed by atoms with Crippen LogP contribution < -0.4 is 14.4 Å². The van der Waals surface area contributed by atoms with E-state index in [2.05, 4.69) is 0 Å². The van der Waals surface area contributed by atoms with Crippen LogP contribution in [0.4, 0.5) is 5.69 Å². The van der Waals surface area contributed by atoms with Crippen LogP contribution >= 0.6 is 11.6 Å². The van der Waals surface area contributed by atoms with Gasteiger partial charge < -0.3 is 14.4 Å². The number of halogens is 1. The average Bonchev–Trinajstić information content (AvgIpc) is 2.75. The number of amides is 1. The molecular weight excluding hydrogens is 282 g/mol. The fourth-order valence-corrected chi connectivity index (χ4v) is 2.54. The van der Waals surface area contributed by atoms with Gasteiger partial charge in [0.2, 0.25) is 5.91 Å². The van der Waals surface area contributed by atoms with E-state index in [1.165, 1.54) is 26.0 Å². The van der Waals surface area contributed by atoms with Gasteiger partial charge in [-0.15, -0.1) is 11.6 Å². The van der Waals surface area contributed by atoms with Crippen molar-refractivity contribution in [3.63, 3.8) is 0 Å². The zero-order chi connectivity index (χ0) is 14.9. The highest BCUT2D eigenvalue weighted by Gasteiger charge is 2.32. The summed E-state index contributed by atoms with van der Waals surface area (Å²) in [7, 11) is 3.00. The Labute approximate surface area is 122 Å². The predicted octanol–water partition coefficient (Wildman–Crippen LogP) is 2.25. The molecule has 6 heteroatoms. The number of alkyl halides is 1. The first-order chi connectivity index (χ1) is 9.47. The van der Waals surface area contributed by atoms with Gasteiger partial charge in [-0.3, -0.25) is 9.59 Å². The second-order valence-corrected chi connectivity index (χ2v) is 5.20. The number of ether oxygens (including phenoxy) is 2. The molecule has 1 aromatic rings. The molecule has 1 heterocycles. The Bertz CT molecular complexity index is 558. The summed E-state index contributed by atoms with van der Waals surface area (Å²) in [5.74, 6) is 0.681. The number of hydrogen-bond acceptors (Lipinski definition) is 4. The third-order valence-electron chi connectivity index (χ3n) is 3.25. The Morgan fingerprint density at radius 3 is 2.35 bits per heavy atom. The number of methoxy groups -OCH3 is 2. The Morgan fingerprint density at radius 1 is 1.30 bits per heavy atom. The number of nitrogens with zero attached hydrogens (tertiary/aromatic N) is 1. The monoisotopic (exact) mass is 297 g/mol. The average molecular weight is 298 g/mol. The largest absolute Gasteiger partial charge is 0.493 e. The third kappa shape index (κ3) is 2.58. The molecule has 2 rings (SSSR count). The van der Waals surface area contributed by atoms with Crippen molar-refractivity contribution in [3.05, 3.63) is 17.7 Å². The Hall–Kier alpha value is -1.75. The van der Waals surface area contributed by atoms with Gasteiger partial charge in [-0.25, -0.2) is 0 Å². The summed E-state index contributed by atoms with van der Waals surface area (Å²) in [4.78, 5) is 25.3. The van der Waals surface area contributed by atoms with Crippen molar-refractivity contribution in [2.45, 2.75) is 18.7 Å². The van der Waals surface area contributed by atoms with Crippen LogP contribution in [0.5, 0.6) is 11.5 Å². The number of Topliss-reactive ketones (excluding diaryl/α,β-unsaturated/α-hetero) is 1. The minimum absolute atomic E-state index is 0.0975. The maximum Gasteiger partial charge on any atom is 0.228 e. The number of hydrogen-bond donors (Lipinski definition) is 0. The molecule has 0 N–H and O–H groups in total. The lowest BCUT2D eigenvalue weighted by Crippen LogP contribution is -2.26. The van der Waals surface area contributed by atoms with Gasteiger partial charge in [0.05, 0.1) is 25.3 Å². The van der Waals surface area contributed by atoms with Crippen LogP contribution in [-0.2, 0) is 4.79 Å². The highest BCUT2D eigenvalue weighted by Crippen LogP contribution is 2.37. The van der Waals surface area contributed by atoms with Gasteiger partial charge in [-0.1, -0.05) is 0 Å². The van der Waals surface area contributed by atoms with Crippen LogP contribution in [0.3, 0.4) is 0 Å². The van der Waals surface area contributed by atoms with Crippen molar-refractivity contribution < 1.29 is 19.1 Å². The van der Waals surface area contributed by atoms with Crippen molar-refractivity contribution >= 4 is 29.0 Å². The van der Waals surface area contributed by atoms with E-state index in [1.54, 1.807) is 12.1 Å². The molecule has 5 nitrogen and oxygen atoms in total. The lowest BCUT2D eigenvalue weighted by molar-refractivity contribution is -0.117. The van der Waals surface area contributed by atoms with Crippen LogP contribution in [0.1, 0.15) is 23.7 Å². The van der Waals surface area contributed by atoms with E-state index >= 15 is 0 Å². The van der Waals surface area contributed by atoms with Crippen molar-refractivity contribution in [1.82, 2.24) is 0 Å². The van der Waals surface area contributed by atoms with E-state index in [-0.39, 0.29) is 23.5 Å². The van der Waals surface area contributed by atoms with Crippen molar-refractivity contribution in [2.24, 2.45) is 0 Å². The quantitative estimate of drug-likeness (QED) is 0.632. The molecule has 1 saturated heterocycles. The molecule has 0 saturated carbocycles. The van der Waals surface area contributed by atoms with Gasteiger partial charge in [-0.2, -0.15) is 0 Å². The van der Waals surface area contributed by atoms with Gasteiger partial charge in [0.1, 0.15) is 0 Å². The number of carbonyl (C=O) groups excluding carboxylic acids is 2. The maximum absolute atomic E-state index is 12.0. The first-order valence-electron chi connectivity index (χ1n) is 6.19. The fraction of sp³-hybridized carbons (Fsp3) is 0.429. The predicted molar refractivity (Wildman–Crippen MR) is 76.2 cm³/mol. The Balaban J connectivity index is 2.55. The minimum atomic E-state index is -0.240. The summed E-state index contributed by atoms with van der Waals surface area (Å²) in [6.45, 7) is 1.83. The van der Waals surface area contributed by atoms with E-state index in [1.807, 2.05) is 0 Å². The molecule has 1 aliphatic rings. The van der Waals surface area contributed by atoms with E-state index in [4.69, 9.17) is 21.1 Å². The molecule has 0 aromatic heterocycles. The van der Waals surface area contributed by atoms with Gasteiger partial charge in [0.15, 0.2) is 17.3 Å². The third-order valence-corrected chi connectivity index (χ3v) is 3.54. The fourth-order valence-electron chi connectivity index (χ4n) is 2.27. The Morgan fingerprint density at radius 2 is 1.90 bits per heavy atom. The number of ketones is 1. The number of carbonyl (C=O) groups is 2. The van der Waals surface area contributed by atoms with Gasteiger partial charge in [0, 0.05) is 24.6 Å². The number of benzene rings is 1. The van der Waals surface area contributed by atoms with E-state index in [9.17, 15) is 9.59 Å². The molecule has 1 unspecified atom stereocenters. The summed E-state index contributed by atoms with van der Waals surface area (Å²) in [5.41, 5.74) is 0.935. The summed E-state index contributed by atoms with van der Waals surface area (Å²) < 4.78 is 10.4. The molecule has 1 atom stereocenters. The molecule has 0 bridgehead atoms. The van der Waals surface area contributed by atoms with Crippen LogP contribution in [-0.4, -0.2) is 37.8 Å². The summed E-state index contributed by atoms with van der Waals surface area (Å²) in [6, 6.07) is 3.23. The second-order valence-electron chi connectivity index (χ2n) is 4.59. The summed E-state index contributed by atoms with van der Waals surface area (Å²) >= 11 is 6.01. The SMILES string of the molecule is COc1cc(C(C)=O)c(N2CC(Cl)CC2=O)cc1OC. The lowest BCUT2D eigenvalue weighted by atomic mass is 10.1. The topological polar surface area (TPSA) is 55.8 Å². The molecular formula is C14H16ClNO4. The molecule has 1 amide bonds. The molecule has 1 aromatic carbocycles.